The van der Waals surface area contributed by atoms with E-state index in [2.05, 4.69) is 9.97 Å². The Kier molecular flexibility index (Phi) is 22.5. The molecule has 0 bridgehead atoms. The second kappa shape index (κ2) is 34.5. The third-order valence-electron chi connectivity index (χ3n) is 29.4. The minimum Gasteiger partial charge on any atom is -0.458 e. The lowest BCUT2D eigenvalue weighted by molar-refractivity contribution is -0.386. The number of para-hydroxylation sites is 5. The number of carbonyl (C=O) groups excluding carboxylic acids is 5. The van der Waals surface area contributed by atoms with E-state index in [1.807, 2.05) is 78.9 Å². The first-order chi connectivity index (χ1) is 69.2. The molecule has 9 N–H and O–H groups in total. The smallest absolute Gasteiger partial charge is 0.343 e. The molecule has 5 atom stereocenters. The quantitative estimate of drug-likeness (QED) is 0.0255. The summed E-state index contributed by atoms with van der Waals surface area (Å²) in [6.45, 7) is 6.55. The number of aromatic nitrogens is 10. The number of hydrogen-bond acceptors (Lipinski definition) is 33. The van der Waals surface area contributed by atoms with Crippen molar-refractivity contribution in [3.63, 3.8) is 0 Å². The van der Waals surface area contributed by atoms with Crippen molar-refractivity contribution in [2.75, 3.05) is 0 Å². The Labute approximate surface area is 810 Å². The Balaban J connectivity index is 0.000000106. The highest BCUT2D eigenvalue weighted by molar-refractivity contribution is 5.97. The van der Waals surface area contributed by atoms with E-state index in [9.17, 15) is 114 Å². The Hall–Kier alpha value is -16.3. The van der Waals surface area contributed by atoms with Gasteiger partial charge in [0.1, 0.15) is 44.4 Å². The van der Waals surface area contributed by atoms with Gasteiger partial charge in [-0.05, 0) is 109 Å². The topological polar surface area (TPSA) is 574 Å². The van der Waals surface area contributed by atoms with Crippen molar-refractivity contribution in [1.82, 2.24) is 47.8 Å². The zero-order valence-electron chi connectivity index (χ0n) is 77.4. The monoisotopic (exact) mass is 1950 g/mol. The standard InChI is InChI=1S/2C21H17N3O7.2C21H18N2O5.C20H16N2O4/c2*1-2-21(28)15-13(9-31-20(21)27)19(26)23-7-11-12(8-25)10-5-3-4-6-14(10)22-16(11)18(23)17(15)24(29)30;2*1-2-21(27)15-7-17-18-12(8-23(17)19(25)14(15)10-28-20(21)26)13(9-24)11-5-3-4-6-16(11)22-18;1-2-20(25)14-8-16-17-12(7-11-5-3-4-6-15(11)21-17)9-22(16)18(23)13(14)10-26-19(20)24/h2*3-6,25,28H,2,7-9H2,1H3;2*3-7,24,27H,2,8-10H2,1H3;3-8,25H,2,9-10H2,1H3/t4*21-;20-/m00000/s1. The van der Waals surface area contributed by atoms with Crippen LogP contribution in [0, 0.1) is 20.2 Å². The number of nitrogens with zero attached hydrogens (tertiary/aromatic N) is 12. The lowest BCUT2D eigenvalue weighted by Crippen LogP contribution is -2.45. The van der Waals surface area contributed by atoms with Crippen LogP contribution in [0.25, 0.3) is 111 Å². The molecular weight excluding hydrogens is 1870 g/mol. The van der Waals surface area contributed by atoms with Crippen molar-refractivity contribution >= 4 is 95.7 Å². The molecule has 730 valence electrons. The predicted octanol–water partition coefficient (Wildman–Crippen LogP) is 8.18. The molecular formula is C104H86N12O28. The van der Waals surface area contributed by atoms with Gasteiger partial charge in [0, 0.05) is 71.4 Å². The Morgan fingerprint density at radius 1 is 0.312 bits per heavy atom. The van der Waals surface area contributed by atoms with E-state index in [0.717, 1.165) is 55.2 Å². The maximum absolute atomic E-state index is 13.3. The molecule has 20 heterocycles. The molecule has 0 fully saturated rings. The second-order valence-electron chi connectivity index (χ2n) is 36.3. The minimum atomic E-state index is -2.32. The summed E-state index contributed by atoms with van der Waals surface area (Å²) < 4.78 is 32.4. The van der Waals surface area contributed by atoms with Crippen molar-refractivity contribution in [3.05, 3.63) is 323 Å². The summed E-state index contributed by atoms with van der Waals surface area (Å²) in [7, 11) is 0. The van der Waals surface area contributed by atoms with E-state index in [1.54, 1.807) is 101 Å². The Morgan fingerprint density at radius 3 is 0.889 bits per heavy atom. The third kappa shape index (κ3) is 13.6. The second-order valence-corrected chi connectivity index (χ2v) is 36.3. The van der Waals surface area contributed by atoms with Gasteiger partial charge in [0.25, 0.3) is 27.8 Å². The molecule has 0 amide bonds. The van der Waals surface area contributed by atoms with Crippen LogP contribution in [0.1, 0.15) is 172 Å². The van der Waals surface area contributed by atoms with Crippen LogP contribution in [0.5, 0.6) is 0 Å². The molecule has 144 heavy (non-hydrogen) atoms. The molecule has 0 spiro atoms. The number of rotatable bonds is 11. The molecule has 0 saturated heterocycles. The predicted molar refractivity (Wildman–Crippen MR) is 510 cm³/mol. The van der Waals surface area contributed by atoms with Gasteiger partial charge in [-0.15, -0.1) is 0 Å². The summed E-state index contributed by atoms with van der Waals surface area (Å²) in [4.78, 5) is 174. The maximum atomic E-state index is 13.3. The number of ether oxygens (including phenoxy) is 5. The average Bonchev–Trinajstić information content (AvgIpc) is 1.54. The van der Waals surface area contributed by atoms with Crippen LogP contribution in [0.3, 0.4) is 0 Å². The van der Waals surface area contributed by atoms with E-state index in [4.69, 9.17) is 38.6 Å². The SMILES string of the molecule is CC[C@@]1(O)C(=O)OCc2c1c([N+](=O)[O-])c1n(c2=O)Cc2c-1nc1ccccc1c2CO.CC[C@@]1(O)C(=O)OCc2c1c([N+](=O)[O-])c1n(c2=O)Cc2c-1nc1ccccc1c2CO.CC[C@@]1(O)C(=O)OCc2c1cc1n(c2=O)Cc2c-1nc1ccccc1c2CO.CC[C@@]1(O)C(=O)OCc2c1cc1n(c2=O)Cc2c-1nc1ccccc1c2CO.CC[C@@]1(O)C(=O)OCc2c1cc1n(c2=O)Cc2cc3ccccc3nc2-1. The summed E-state index contributed by atoms with van der Waals surface area (Å²) in [5, 5.41) is 123. The number of fused-ring (bicyclic) bond motifs is 25. The van der Waals surface area contributed by atoms with Crippen LogP contribution in [-0.2, 0) is 168 Å². The van der Waals surface area contributed by atoms with Crippen LogP contribution in [0.2, 0.25) is 0 Å². The summed E-state index contributed by atoms with van der Waals surface area (Å²) >= 11 is 0. The largest absolute Gasteiger partial charge is 0.458 e. The van der Waals surface area contributed by atoms with Crippen molar-refractivity contribution in [2.45, 2.75) is 187 Å². The Morgan fingerprint density at radius 2 is 0.569 bits per heavy atom. The molecule has 0 radical (unpaired) electrons. The van der Waals surface area contributed by atoms with Gasteiger partial charge in [0.05, 0.1) is 181 Å². The van der Waals surface area contributed by atoms with E-state index >= 15 is 0 Å². The summed E-state index contributed by atoms with van der Waals surface area (Å²) in [6.07, 6.45) is -0.0755. The summed E-state index contributed by atoms with van der Waals surface area (Å²) in [5.41, 5.74) is 0.859. The first-order valence-corrected chi connectivity index (χ1v) is 46.3. The number of benzene rings is 5. The van der Waals surface area contributed by atoms with Crippen molar-refractivity contribution in [1.29, 1.82) is 0 Å². The lowest BCUT2D eigenvalue weighted by atomic mass is 9.84. The number of nitro groups is 2. The average molecular weight is 1950 g/mol. The molecule has 10 aliphatic rings. The highest BCUT2D eigenvalue weighted by atomic mass is 16.6. The first-order valence-electron chi connectivity index (χ1n) is 46.3. The number of hydrogen-bond donors (Lipinski definition) is 9. The number of cyclic esters (lactones) is 5. The van der Waals surface area contributed by atoms with Gasteiger partial charge in [0.15, 0.2) is 28.0 Å². The first kappa shape index (κ1) is 94.0. The number of aliphatic hydroxyl groups excluding tert-OH is 4. The van der Waals surface area contributed by atoms with Gasteiger partial charge < -0.3 is 83.3 Å². The fraction of sp³-hybridized carbons (Fsp3) is 0.279. The molecule has 40 nitrogen and oxygen atoms in total. The molecule has 5 aromatic carbocycles. The van der Waals surface area contributed by atoms with Gasteiger partial charge in [-0.2, -0.15) is 0 Å². The molecule has 0 saturated carbocycles. The fourth-order valence-corrected chi connectivity index (χ4v) is 21.7. The number of carbonyl (C=O) groups is 5. The van der Waals surface area contributed by atoms with Gasteiger partial charge >= 0.3 is 41.2 Å². The van der Waals surface area contributed by atoms with E-state index < -0.39 is 103 Å². The van der Waals surface area contributed by atoms with Crippen molar-refractivity contribution in [2.24, 2.45) is 0 Å². The van der Waals surface area contributed by atoms with Crippen molar-refractivity contribution < 1.29 is 103 Å². The summed E-state index contributed by atoms with van der Waals surface area (Å²) in [6, 6.07) is 43.9. The molecule has 25 rings (SSSR count). The van der Waals surface area contributed by atoms with E-state index in [0.29, 0.717) is 101 Å². The van der Waals surface area contributed by atoms with Gasteiger partial charge in [0.2, 0.25) is 0 Å². The third-order valence-corrected chi connectivity index (χ3v) is 29.4. The maximum Gasteiger partial charge on any atom is 0.343 e. The van der Waals surface area contributed by atoms with E-state index in [1.165, 1.54) is 23.0 Å². The number of esters is 5. The molecule has 15 aromatic rings. The molecule has 10 aliphatic heterocycles. The number of aliphatic hydroxyl groups is 9. The molecule has 10 aromatic heterocycles. The van der Waals surface area contributed by atoms with Crippen LogP contribution in [0.15, 0.2) is 170 Å². The minimum absolute atomic E-state index is 0.0240. The lowest BCUT2D eigenvalue weighted by Gasteiger charge is -2.31. The molecule has 0 unspecified atom stereocenters. The molecule has 0 aliphatic carbocycles. The van der Waals surface area contributed by atoms with Crippen LogP contribution >= 0.6 is 0 Å². The van der Waals surface area contributed by atoms with Gasteiger partial charge in [-0.3, -0.25) is 53.3 Å². The zero-order chi connectivity index (χ0) is 101. The highest BCUT2D eigenvalue weighted by Crippen LogP contribution is 2.52. The Bertz CT molecular complexity index is 8280. The summed E-state index contributed by atoms with van der Waals surface area (Å²) in [5.74, 6) is -4.26. The van der Waals surface area contributed by atoms with Crippen LogP contribution < -0.4 is 27.8 Å². The van der Waals surface area contributed by atoms with Crippen molar-refractivity contribution in [3.8, 4) is 56.9 Å². The zero-order valence-corrected chi connectivity index (χ0v) is 77.4. The highest BCUT2D eigenvalue weighted by Gasteiger charge is 2.56. The normalized spacial score (nSPS) is 19.6. The van der Waals surface area contributed by atoms with Crippen LogP contribution in [-0.4, -0.2) is 133 Å². The van der Waals surface area contributed by atoms with E-state index in [-0.39, 0.29) is 188 Å². The molecule has 40 heteroatoms. The van der Waals surface area contributed by atoms with Gasteiger partial charge in [-0.1, -0.05) is 126 Å². The number of pyridine rings is 10. The van der Waals surface area contributed by atoms with Gasteiger partial charge in [-0.25, -0.2) is 48.9 Å². The fourth-order valence-electron chi connectivity index (χ4n) is 21.7. The van der Waals surface area contributed by atoms with Crippen LogP contribution in [0.4, 0.5) is 11.4 Å².